The highest BCUT2D eigenvalue weighted by Crippen LogP contribution is 2.42. The minimum atomic E-state index is -5.16. The van der Waals surface area contributed by atoms with Gasteiger partial charge in [-0.15, -0.1) is 11.3 Å². The maximum atomic E-state index is 13.6. The second-order valence-corrected chi connectivity index (χ2v) is 8.85. The van der Waals surface area contributed by atoms with E-state index in [0.29, 0.717) is 21.6 Å². The Kier molecular flexibility index (Phi) is 6.84. The predicted molar refractivity (Wildman–Crippen MR) is 126 cm³/mol. The van der Waals surface area contributed by atoms with Crippen molar-refractivity contribution in [3.8, 4) is 11.1 Å². The zero-order valence-corrected chi connectivity index (χ0v) is 19.9. The summed E-state index contributed by atoms with van der Waals surface area (Å²) in [6, 6.07) is 9.24. The van der Waals surface area contributed by atoms with Crippen molar-refractivity contribution >= 4 is 44.7 Å². The van der Waals surface area contributed by atoms with Crippen molar-refractivity contribution in [2.75, 3.05) is 5.32 Å². The number of nitrogens with one attached hydrogen (secondary N) is 1. The number of nitro groups is 1. The zero-order valence-electron chi connectivity index (χ0n) is 19.0. The van der Waals surface area contributed by atoms with Crippen molar-refractivity contribution < 1.29 is 36.5 Å². The fourth-order valence-electron chi connectivity index (χ4n) is 3.78. The molecule has 2 amide bonds. The van der Waals surface area contributed by atoms with E-state index in [1.165, 1.54) is 0 Å². The molecular weight excluding hydrogens is 539 g/mol. The molecule has 4 rings (SSSR count). The lowest BCUT2D eigenvalue weighted by molar-refractivity contribution is -0.388. The molecule has 0 saturated carbocycles. The Morgan fingerprint density at radius 3 is 2.42 bits per heavy atom. The van der Waals surface area contributed by atoms with Crippen molar-refractivity contribution in [2.45, 2.75) is 26.1 Å². The summed E-state index contributed by atoms with van der Waals surface area (Å²) in [5, 5.41) is 16.9. The van der Waals surface area contributed by atoms with E-state index in [1.807, 2.05) is 0 Å². The van der Waals surface area contributed by atoms with Crippen LogP contribution in [0.25, 0.3) is 21.3 Å². The molecule has 0 spiro atoms. The van der Waals surface area contributed by atoms with Crippen molar-refractivity contribution in [3.63, 3.8) is 0 Å². The third-order valence-electron chi connectivity index (χ3n) is 5.40. The molecule has 3 heterocycles. The van der Waals surface area contributed by atoms with E-state index in [2.05, 4.69) is 15.4 Å². The number of rotatable bonds is 7. The molecule has 16 heteroatoms. The van der Waals surface area contributed by atoms with Gasteiger partial charge in [0.2, 0.25) is 11.6 Å². The summed E-state index contributed by atoms with van der Waals surface area (Å²) in [5.41, 5.74) is 1.69. The van der Waals surface area contributed by atoms with Gasteiger partial charge in [0.15, 0.2) is 0 Å². The van der Waals surface area contributed by atoms with Crippen LogP contribution < -0.4 is 11.1 Å². The van der Waals surface area contributed by atoms with E-state index < -0.39 is 58.7 Å². The van der Waals surface area contributed by atoms with Crippen molar-refractivity contribution in [1.29, 1.82) is 0 Å². The van der Waals surface area contributed by atoms with Gasteiger partial charge in [0.25, 0.3) is 12.3 Å². The average Bonchev–Trinajstić information content (AvgIpc) is 3.37. The highest BCUT2D eigenvalue weighted by Gasteiger charge is 2.44. The number of hydrogen-bond donors (Lipinski definition) is 2. The van der Waals surface area contributed by atoms with Gasteiger partial charge in [-0.3, -0.25) is 24.4 Å². The molecule has 0 aliphatic rings. The molecule has 0 bridgehead atoms. The van der Waals surface area contributed by atoms with Gasteiger partial charge in [-0.25, -0.2) is 13.8 Å². The number of aromatic nitrogens is 3. The van der Waals surface area contributed by atoms with Gasteiger partial charge in [0.05, 0.1) is 10.6 Å². The maximum absolute atomic E-state index is 13.6. The lowest BCUT2D eigenvalue weighted by Gasteiger charge is -2.11. The fraction of sp³-hybridized carbons (Fsp3) is 0.182. The molecule has 0 fully saturated rings. The van der Waals surface area contributed by atoms with Crippen LogP contribution in [0.5, 0.6) is 0 Å². The van der Waals surface area contributed by atoms with Crippen molar-refractivity contribution in [1.82, 2.24) is 14.8 Å². The van der Waals surface area contributed by atoms with Crippen LogP contribution in [0.3, 0.4) is 0 Å². The SMILES string of the molecule is Cc1c([N+](=O)[O-])c(C(F)(F)F)nn1CC(=O)Nc1c(C(N)=O)sc2nc(C(F)F)cc(-c3ccccc3)c12. The summed E-state index contributed by atoms with van der Waals surface area (Å²) in [4.78, 5) is 38.6. The molecule has 0 aliphatic heterocycles. The first kappa shape index (κ1) is 26.6. The highest BCUT2D eigenvalue weighted by atomic mass is 32.1. The molecule has 0 unspecified atom stereocenters. The average molecular weight is 554 g/mol. The van der Waals surface area contributed by atoms with Crippen molar-refractivity contribution in [2.24, 2.45) is 5.73 Å². The fourth-order valence-corrected chi connectivity index (χ4v) is 4.80. The zero-order chi connectivity index (χ0) is 27.9. The first-order valence-corrected chi connectivity index (χ1v) is 11.3. The first-order chi connectivity index (χ1) is 17.8. The van der Waals surface area contributed by atoms with E-state index in [-0.39, 0.29) is 26.3 Å². The summed E-state index contributed by atoms with van der Waals surface area (Å²) in [6.45, 7) is 0.0906. The number of halogens is 5. The standard InChI is InChI=1S/C22H15F5N6O4S/c1-9-16(33(36)37)18(22(25,26)27)31-32(9)8-13(34)30-15-14-11(10-5-3-2-4-6-10)7-12(19(23)24)29-21(14)38-17(15)20(28)35/h2-7,19H,8H2,1H3,(H2,28,35)(H,30,34). The minimum absolute atomic E-state index is 0.0454. The van der Waals surface area contributed by atoms with E-state index in [9.17, 15) is 41.7 Å². The van der Waals surface area contributed by atoms with E-state index in [1.54, 1.807) is 30.3 Å². The molecule has 0 aliphatic carbocycles. The number of benzene rings is 1. The summed E-state index contributed by atoms with van der Waals surface area (Å²) in [7, 11) is 0. The number of carbonyl (C=O) groups excluding carboxylic acids is 2. The highest BCUT2D eigenvalue weighted by molar-refractivity contribution is 7.21. The van der Waals surface area contributed by atoms with Crippen LogP contribution in [-0.4, -0.2) is 31.5 Å². The summed E-state index contributed by atoms with van der Waals surface area (Å²) in [6.07, 6.45) is -8.11. The van der Waals surface area contributed by atoms with E-state index >= 15 is 0 Å². The van der Waals surface area contributed by atoms with Gasteiger partial charge >= 0.3 is 11.9 Å². The Labute approximate surface area is 213 Å². The number of primary amides is 1. The number of hydrogen-bond acceptors (Lipinski definition) is 7. The third kappa shape index (κ3) is 4.89. The van der Waals surface area contributed by atoms with Crippen LogP contribution in [-0.2, 0) is 17.5 Å². The van der Waals surface area contributed by atoms with Gasteiger partial charge in [0, 0.05) is 5.39 Å². The van der Waals surface area contributed by atoms with Gasteiger partial charge in [0.1, 0.15) is 27.6 Å². The molecule has 3 N–H and O–H groups in total. The first-order valence-electron chi connectivity index (χ1n) is 10.5. The molecule has 38 heavy (non-hydrogen) atoms. The number of nitrogens with zero attached hydrogens (tertiary/aromatic N) is 4. The molecule has 3 aromatic heterocycles. The smallest absolute Gasteiger partial charge is 0.365 e. The number of anilines is 1. The number of pyridine rings is 1. The van der Waals surface area contributed by atoms with E-state index in [4.69, 9.17) is 5.73 Å². The topological polar surface area (TPSA) is 146 Å². The number of carbonyl (C=O) groups is 2. The molecule has 0 radical (unpaired) electrons. The van der Waals surface area contributed by atoms with Gasteiger partial charge in [-0.05, 0) is 24.1 Å². The molecular formula is C22H15F5N6O4S. The Morgan fingerprint density at radius 1 is 1.24 bits per heavy atom. The monoisotopic (exact) mass is 554 g/mol. The number of nitrogens with two attached hydrogens (primary N) is 1. The van der Waals surface area contributed by atoms with Crippen LogP contribution in [0.2, 0.25) is 0 Å². The molecule has 0 atom stereocenters. The lowest BCUT2D eigenvalue weighted by atomic mass is 10.0. The lowest BCUT2D eigenvalue weighted by Crippen LogP contribution is -2.22. The predicted octanol–water partition coefficient (Wildman–Crippen LogP) is 5.07. The summed E-state index contributed by atoms with van der Waals surface area (Å²) < 4.78 is 67.4. The second-order valence-electron chi connectivity index (χ2n) is 7.86. The third-order valence-corrected chi connectivity index (χ3v) is 6.50. The molecule has 4 aromatic rings. The van der Waals surface area contributed by atoms with Crippen LogP contribution >= 0.6 is 11.3 Å². The van der Waals surface area contributed by atoms with E-state index in [0.717, 1.165) is 13.0 Å². The van der Waals surface area contributed by atoms with Crippen LogP contribution in [0.4, 0.5) is 33.3 Å². The van der Waals surface area contributed by atoms with Crippen molar-refractivity contribution in [3.05, 3.63) is 68.5 Å². The largest absolute Gasteiger partial charge is 0.442 e. The van der Waals surface area contributed by atoms with Gasteiger partial charge in [-0.1, -0.05) is 30.3 Å². The van der Waals surface area contributed by atoms with Crippen LogP contribution in [0.15, 0.2) is 36.4 Å². The molecule has 0 saturated heterocycles. The Hall–Kier alpha value is -4.47. The Morgan fingerprint density at radius 2 is 1.89 bits per heavy atom. The summed E-state index contributed by atoms with van der Waals surface area (Å²) >= 11 is 0.643. The minimum Gasteiger partial charge on any atom is -0.365 e. The summed E-state index contributed by atoms with van der Waals surface area (Å²) in [5.74, 6) is -2.04. The Bertz CT molecular complexity index is 1580. The molecule has 1 aromatic carbocycles. The van der Waals surface area contributed by atoms with Crippen LogP contribution in [0, 0.1) is 17.0 Å². The molecule has 10 nitrogen and oxygen atoms in total. The second kappa shape index (κ2) is 9.77. The Balaban J connectivity index is 1.83. The number of amides is 2. The van der Waals surface area contributed by atoms with Gasteiger partial charge in [-0.2, -0.15) is 18.3 Å². The van der Waals surface area contributed by atoms with Crippen LogP contribution in [0.1, 0.15) is 33.2 Å². The maximum Gasteiger partial charge on any atom is 0.442 e. The molecule has 198 valence electrons. The van der Waals surface area contributed by atoms with Gasteiger partial charge < -0.3 is 11.1 Å². The number of alkyl halides is 5. The number of thiophene rings is 1. The quantitative estimate of drug-likeness (QED) is 0.185. The normalized spacial score (nSPS) is 11.8. The number of fused-ring (bicyclic) bond motifs is 1.